The van der Waals surface area contributed by atoms with Crippen molar-refractivity contribution in [2.75, 3.05) is 34.4 Å². The van der Waals surface area contributed by atoms with Crippen molar-refractivity contribution in [2.45, 2.75) is 25.4 Å². The highest BCUT2D eigenvalue weighted by Crippen LogP contribution is 2.36. The largest absolute Gasteiger partial charge is 0.496 e. The van der Waals surface area contributed by atoms with Gasteiger partial charge in [-0.05, 0) is 36.7 Å². The Morgan fingerprint density at radius 1 is 1.12 bits per heavy atom. The van der Waals surface area contributed by atoms with Crippen LogP contribution >= 0.6 is 0 Å². The number of alkyl halides is 3. The quantitative estimate of drug-likeness (QED) is 0.437. The summed E-state index contributed by atoms with van der Waals surface area (Å²) in [6.07, 6.45) is -1.45. The van der Waals surface area contributed by atoms with E-state index in [1.165, 1.54) is 19.8 Å². The lowest BCUT2D eigenvalue weighted by atomic mass is 9.99. The van der Waals surface area contributed by atoms with Crippen molar-refractivity contribution in [3.8, 4) is 17.2 Å². The molecule has 3 aromatic rings. The molecule has 9 heteroatoms. The van der Waals surface area contributed by atoms with Crippen LogP contribution in [-0.2, 0) is 0 Å². The molecule has 6 nitrogen and oxygen atoms in total. The van der Waals surface area contributed by atoms with Gasteiger partial charge in [-0.2, -0.15) is 13.2 Å². The topological polar surface area (TPSA) is 56.6 Å². The van der Waals surface area contributed by atoms with Gasteiger partial charge in [0.05, 0.1) is 37.4 Å². The van der Waals surface area contributed by atoms with Gasteiger partial charge in [0.25, 0.3) is 0 Å². The van der Waals surface area contributed by atoms with Crippen molar-refractivity contribution in [3.63, 3.8) is 0 Å². The molecule has 0 atom stereocenters. The number of hydrogen-bond donors (Lipinski definition) is 0. The molecule has 34 heavy (non-hydrogen) atoms. The molecule has 0 amide bonds. The first-order valence-corrected chi connectivity index (χ1v) is 10.9. The molecule has 0 N–H and O–H groups in total. The minimum Gasteiger partial charge on any atom is -0.496 e. The molecule has 2 heterocycles. The number of carbonyl (C=O) groups is 1. The molecule has 1 aliphatic heterocycles. The van der Waals surface area contributed by atoms with E-state index < -0.39 is 24.8 Å². The molecule has 0 fully saturated rings. The first-order valence-electron chi connectivity index (χ1n) is 10.9. The summed E-state index contributed by atoms with van der Waals surface area (Å²) in [5.41, 5.74) is 4.69. The third-order valence-electron chi connectivity index (χ3n) is 6.01. The zero-order chi connectivity index (χ0) is 24.5. The number of rotatable bonds is 7. The van der Waals surface area contributed by atoms with Crippen molar-refractivity contribution >= 4 is 22.4 Å². The Bertz CT molecular complexity index is 1220. The molecule has 0 unspecified atom stereocenters. The van der Waals surface area contributed by atoms with Crippen LogP contribution < -0.4 is 9.47 Å². The van der Waals surface area contributed by atoms with E-state index in [0.717, 1.165) is 36.1 Å². The van der Waals surface area contributed by atoms with Gasteiger partial charge in [0.2, 0.25) is 0 Å². The highest BCUT2D eigenvalue weighted by molar-refractivity contribution is 6.02. The van der Waals surface area contributed by atoms with Crippen molar-refractivity contribution in [2.24, 2.45) is 0 Å². The number of nitrogens with zero attached hydrogens (tertiary/aromatic N) is 3. The molecule has 0 radical (unpaired) electrons. The normalized spacial score (nSPS) is 14.8. The predicted octanol–water partition coefficient (Wildman–Crippen LogP) is 5.29. The number of Topliss-reactive ketones (excluding diaryl/α,β-unsaturated/α-hetero) is 1. The van der Waals surface area contributed by atoms with Crippen LogP contribution in [0.2, 0.25) is 0 Å². The molecular weight excluding hydrogens is 447 g/mol. The molecule has 0 saturated carbocycles. The SMILES string of the molecule is COc1cc(-n2cnc3cc(C4=CCN(C)CC4)ccc32)cc(OC)c1C(=O)CCC(F)(F)F. The van der Waals surface area contributed by atoms with E-state index in [9.17, 15) is 18.0 Å². The Hall–Kier alpha value is -3.33. The third-order valence-corrected chi connectivity index (χ3v) is 6.01. The maximum atomic E-state index is 12.6. The van der Waals surface area contributed by atoms with Gasteiger partial charge < -0.3 is 14.4 Å². The van der Waals surface area contributed by atoms with Gasteiger partial charge in [0, 0.05) is 31.6 Å². The van der Waals surface area contributed by atoms with Crippen LogP contribution in [0.25, 0.3) is 22.3 Å². The zero-order valence-corrected chi connectivity index (χ0v) is 19.3. The number of ketones is 1. The average molecular weight is 473 g/mol. The van der Waals surface area contributed by atoms with Crippen molar-refractivity contribution in [3.05, 3.63) is 53.9 Å². The van der Waals surface area contributed by atoms with Crippen molar-refractivity contribution in [1.82, 2.24) is 14.5 Å². The second-order valence-corrected chi connectivity index (χ2v) is 8.32. The standard InChI is InChI=1S/C25H26F3N3O3/c1-30-10-7-16(8-11-30)17-4-5-20-19(12-17)29-15-31(20)18-13-22(33-2)24(23(14-18)34-3)21(32)6-9-25(26,27)28/h4-5,7,12-15H,6,8-11H2,1-3H3. The van der Waals surface area contributed by atoms with Gasteiger partial charge >= 0.3 is 6.18 Å². The number of hydrogen-bond acceptors (Lipinski definition) is 5. The summed E-state index contributed by atoms with van der Waals surface area (Å²) in [6.45, 7) is 1.92. The number of fused-ring (bicyclic) bond motifs is 1. The molecule has 0 spiro atoms. The molecule has 1 aromatic heterocycles. The summed E-state index contributed by atoms with van der Waals surface area (Å²) in [5.74, 6) is -0.392. The van der Waals surface area contributed by atoms with E-state index in [2.05, 4.69) is 29.1 Å². The van der Waals surface area contributed by atoms with Gasteiger partial charge in [0.15, 0.2) is 5.78 Å². The molecule has 2 aromatic carbocycles. The first-order chi connectivity index (χ1) is 16.2. The summed E-state index contributed by atoms with van der Waals surface area (Å²) in [6, 6.07) is 9.31. The summed E-state index contributed by atoms with van der Waals surface area (Å²) in [7, 11) is 4.83. The van der Waals surface area contributed by atoms with E-state index in [-0.39, 0.29) is 17.1 Å². The Balaban J connectivity index is 1.70. The highest BCUT2D eigenvalue weighted by atomic mass is 19.4. The Kier molecular flexibility index (Phi) is 6.65. The monoisotopic (exact) mass is 473 g/mol. The van der Waals surface area contributed by atoms with Crippen LogP contribution in [0.3, 0.4) is 0 Å². The lowest BCUT2D eigenvalue weighted by molar-refractivity contribution is -0.133. The zero-order valence-electron chi connectivity index (χ0n) is 19.3. The summed E-state index contributed by atoms with van der Waals surface area (Å²) < 4.78 is 50.5. The van der Waals surface area contributed by atoms with Gasteiger partial charge in [-0.25, -0.2) is 4.98 Å². The van der Waals surface area contributed by atoms with Gasteiger partial charge in [-0.15, -0.1) is 0 Å². The minimum atomic E-state index is -4.42. The average Bonchev–Trinajstić information content (AvgIpc) is 3.25. The van der Waals surface area contributed by atoms with E-state index >= 15 is 0 Å². The number of halogens is 3. The van der Waals surface area contributed by atoms with Crippen LogP contribution in [0, 0.1) is 0 Å². The minimum absolute atomic E-state index is 0.00101. The Labute approximate surface area is 195 Å². The van der Waals surface area contributed by atoms with Crippen LogP contribution in [0.1, 0.15) is 35.2 Å². The fourth-order valence-corrected chi connectivity index (χ4v) is 4.14. The molecule has 0 saturated heterocycles. The third kappa shape index (κ3) is 4.94. The summed E-state index contributed by atoms with van der Waals surface area (Å²) in [4.78, 5) is 19.4. The highest BCUT2D eigenvalue weighted by Gasteiger charge is 2.30. The lowest BCUT2D eigenvalue weighted by Gasteiger charge is -2.22. The lowest BCUT2D eigenvalue weighted by Crippen LogP contribution is -2.23. The molecule has 4 rings (SSSR count). The molecule has 0 bridgehead atoms. The van der Waals surface area contributed by atoms with E-state index in [4.69, 9.17) is 9.47 Å². The number of benzene rings is 2. The molecular formula is C25H26F3N3O3. The van der Waals surface area contributed by atoms with Gasteiger partial charge in [0.1, 0.15) is 23.4 Å². The van der Waals surface area contributed by atoms with Gasteiger partial charge in [-0.1, -0.05) is 12.1 Å². The first kappa shape index (κ1) is 23.8. The number of methoxy groups -OCH3 is 2. The maximum absolute atomic E-state index is 12.6. The number of ether oxygens (including phenoxy) is 2. The number of imidazole rings is 1. The van der Waals surface area contributed by atoms with Gasteiger partial charge in [-0.3, -0.25) is 9.36 Å². The Morgan fingerprint density at radius 2 is 1.82 bits per heavy atom. The van der Waals surface area contributed by atoms with E-state index in [1.54, 1.807) is 18.5 Å². The van der Waals surface area contributed by atoms with Crippen LogP contribution in [0.5, 0.6) is 11.5 Å². The van der Waals surface area contributed by atoms with Crippen LogP contribution in [0.15, 0.2) is 42.7 Å². The molecule has 0 aliphatic carbocycles. The van der Waals surface area contributed by atoms with Crippen molar-refractivity contribution in [1.29, 1.82) is 0 Å². The maximum Gasteiger partial charge on any atom is 0.389 e. The summed E-state index contributed by atoms with van der Waals surface area (Å²) >= 11 is 0. The van der Waals surface area contributed by atoms with E-state index in [1.807, 2.05) is 16.7 Å². The number of carbonyl (C=O) groups excluding carboxylic acids is 1. The predicted molar refractivity (Wildman–Crippen MR) is 124 cm³/mol. The fraction of sp³-hybridized carbons (Fsp3) is 0.360. The summed E-state index contributed by atoms with van der Waals surface area (Å²) in [5, 5.41) is 0. The van der Waals surface area contributed by atoms with E-state index in [0.29, 0.717) is 5.69 Å². The molecule has 1 aliphatic rings. The Morgan fingerprint density at radius 3 is 2.41 bits per heavy atom. The second kappa shape index (κ2) is 9.50. The fourth-order valence-electron chi connectivity index (χ4n) is 4.14. The number of aromatic nitrogens is 2. The van der Waals surface area contributed by atoms with Crippen molar-refractivity contribution < 1.29 is 27.4 Å². The smallest absolute Gasteiger partial charge is 0.389 e. The molecule has 180 valence electrons. The van der Waals surface area contributed by atoms with Crippen LogP contribution in [-0.4, -0.2) is 60.8 Å². The second-order valence-electron chi connectivity index (χ2n) is 8.32. The number of likely N-dealkylation sites (N-methyl/N-ethyl adjacent to an activating group) is 1. The van der Waals surface area contributed by atoms with Crippen LogP contribution in [0.4, 0.5) is 13.2 Å².